The van der Waals surface area contributed by atoms with Crippen LogP contribution in [0.5, 0.6) is 0 Å². The highest BCUT2D eigenvalue weighted by Gasteiger charge is 2.05. The highest BCUT2D eigenvalue weighted by atomic mass is 16.5. The van der Waals surface area contributed by atoms with Gasteiger partial charge < -0.3 is 9.84 Å². The predicted octanol–water partition coefficient (Wildman–Crippen LogP) is 2.66. The van der Waals surface area contributed by atoms with E-state index < -0.39 is 0 Å². The largest absolute Gasteiger partial charge is 0.338 e. The Morgan fingerprint density at radius 3 is 2.72 bits per heavy atom. The Labute approximate surface area is 107 Å². The fourth-order valence-electron chi connectivity index (χ4n) is 1.87. The summed E-state index contributed by atoms with van der Waals surface area (Å²) >= 11 is 0. The summed E-state index contributed by atoms with van der Waals surface area (Å²) in [5, 5.41) is 7.07. The molecule has 1 heterocycles. The summed E-state index contributed by atoms with van der Waals surface area (Å²) in [5.41, 5.74) is 1.38. The predicted molar refractivity (Wildman–Crippen MR) is 70.2 cm³/mol. The second-order valence-electron chi connectivity index (χ2n) is 4.51. The van der Waals surface area contributed by atoms with Crippen molar-refractivity contribution in [1.29, 1.82) is 0 Å². The molecule has 0 saturated carbocycles. The van der Waals surface area contributed by atoms with Gasteiger partial charge in [0.15, 0.2) is 5.82 Å². The van der Waals surface area contributed by atoms with Crippen molar-refractivity contribution in [2.75, 3.05) is 6.54 Å². The Morgan fingerprint density at radius 1 is 1.28 bits per heavy atom. The standard InChI is InChI=1S/C14H19N3O/c1-11(13-6-4-3-5-7-13)8-9-15-10-14-16-12(2)17-18-14/h3-7,11,15H,8-10H2,1-2H3. The van der Waals surface area contributed by atoms with Gasteiger partial charge in [-0.25, -0.2) is 0 Å². The fourth-order valence-corrected chi connectivity index (χ4v) is 1.87. The zero-order chi connectivity index (χ0) is 12.8. The van der Waals surface area contributed by atoms with E-state index in [4.69, 9.17) is 4.52 Å². The smallest absolute Gasteiger partial charge is 0.240 e. The molecule has 96 valence electrons. The van der Waals surface area contributed by atoms with E-state index in [1.807, 2.05) is 13.0 Å². The van der Waals surface area contributed by atoms with E-state index in [2.05, 4.69) is 46.6 Å². The van der Waals surface area contributed by atoms with Crippen LogP contribution in [0, 0.1) is 6.92 Å². The molecule has 0 radical (unpaired) electrons. The van der Waals surface area contributed by atoms with Crippen LogP contribution in [-0.4, -0.2) is 16.7 Å². The lowest BCUT2D eigenvalue weighted by molar-refractivity contribution is 0.363. The van der Waals surface area contributed by atoms with Crippen LogP contribution in [0.15, 0.2) is 34.9 Å². The number of rotatable bonds is 6. The summed E-state index contributed by atoms with van der Waals surface area (Å²) in [6.07, 6.45) is 1.09. The second-order valence-corrected chi connectivity index (χ2v) is 4.51. The molecule has 1 atom stereocenters. The van der Waals surface area contributed by atoms with Gasteiger partial charge in [0.25, 0.3) is 0 Å². The van der Waals surface area contributed by atoms with Crippen LogP contribution >= 0.6 is 0 Å². The van der Waals surface area contributed by atoms with Crippen molar-refractivity contribution in [3.63, 3.8) is 0 Å². The van der Waals surface area contributed by atoms with Crippen LogP contribution in [0.4, 0.5) is 0 Å². The van der Waals surface area contributed by atoms with Crippen LogP contribution in [0.1, 0.15) is 36.5 Å². The van der Waals surface area contributed by atoms with Crippen molar-refractivity contribution in [2.45, 2.75) is 32.7 Å². The Bertz CT molecular complexity index is 467. The van der Waals surface area contributed by atoms with Gasteiger partial charge in [0.2, 0.25) is 5.89 Å². The molecule has 0 bridgehead atoms. The van der Waals surface area contributed by atoms with Crippen molar-refractivity contribution in [1.82, 2.24) is 15.5 Å². The van der Waals surface area contributed by atoms with Gasteiger partial charge in [0, 0.05) is 0 Å². The third kappa shape index (κ3) is 3.67. The van der Waals surface area contributed by atoms with Gasteiger partial charge >= 0.3 is 0 Å². The maximum Gasteiger partial charge on any atom is 0.240 e. The Balaban J connectivity index is 1.69. The second kappa shape index (κ2) is 6.31. The van der Waals surface area contributed by atoms with E-state index in [0.29, 0.717) is 24.2 Å². The number of hydrogen-bond donors (Lipinski definition) is 1. The number of nitrogens with one attached hydrogen (secondary N) is 1. The first-order chi connectivity index (χ1) is 8.75. The maximum absolute atomic E-state index is 5.03. The molecule has 1 unspecified atom stereocenters. The van der Waals surface area contributed by atoms with Crippen molar-refractivity contribution in [3.8, 4) is 0 Å². The summed E-state index contributed by atoms with van der Waals surface area (Å²) < 4.78 is 5.03. The molecule has 0 aliphatic heterocycles. The maximum atomic E-state index is 5.03. The monoisotopic (exact) mass is 245 g/mol. The lowest BCUT2D eigenvalue weighted by Gasteiger charge is -2.11. The summed E-state index contributed by atoms with van der Waals surface area (Å²) in [7, 11) is 0. The van der Waals surface area contributed by atoms with Gasteiger partial charge in [0.1, 0.15) is 0 Å². The van der Waals surface area contributed by atoms with Crippen LogP contribution in [-0.2, 0) is 6.54 Å². The first-order valence-electron chi connectivity index (χ1n) is 6.30. The quantitative estimate of drug-likeness (QED) is 0.795. The number of aryl methyl sites for hydroxylation is 1. The molecule has 0 aliphatic carbocycles. The molecule has 0 amide bonds. The lowest BCUT2D eigenvalue weighted by Crippen LogP contribution is -2.16. The summed E-state index contributed by atoms with van der Waals surface area (Å²) in [6.45, 7) is 5.65. The molecular weight excluding hydrogens is 226 g/mol. The number of aromatic nitrogens is 2. The molecule has 1 aromatic carbocycles. The first-order valence-corrected chi connectivity index (χ1v) is 6.30. The SMILES string of the molecule is Cc1noc(CNCCC(C)c2ccccc2)n1. The molecular formula is C14H19N3O. The number of hydrogen-bond acceptors (Lipinski definition) is 4. The topological polar surface area (TPSA) is 51.0 Å². The van der Waals surface area contributed by atoms with E-state index in [1.165, 1.54) is 5.56 Å². The molecule has 0 fully saturated rings. The highest BCUT2D eigenvalue weighted by Crippen LogP contribution is 2.17. The molecule has 2 aromatic rings. The number of nitrogens with zero attached hydrogens (tertiary/aromatic N) is 2. The van der Waals surface area contributed by atoms with Crippen LogP contribution in [0.3, 0.4) is 0 Å². The minimum absolute atomic E-state index is 0.558. The normalized spacial score (nSPS) is 12.6. The van der Waals surface area contributed by atoms with Crippen LogP contribution < -0.4 is 5.32 Å². The molecule has 0 saturated heterocycles. The fraction of sp³-hybridized carbons (Fsp3) is 0.429. The summed E-state index contributed by atoms with van der Waals surface area (Å²) in [6, 6.07) is 10.6. The van der Waals surface area contributed by atoms with Crippen molar-refractivity contribution in [3.05, 3.63) is 47.6 Å². The molecule has 0 aliphatic rings. The minimum atomic E-state index is 0.558. The molecule has 4 heteroatoms. The molecule has 1 N–H and O–H groups in total. The van der Waals surface area contributed by atoms with Crippen molar-refractivity contribution >= 4 is 0 Å². The van der Waals surface area contributed by atoms with E-state index in [-0.39, 0.29) is 0 Å². The van der Waals surface area contributed by atoms with Gasteiger partial charge in [-0.3, -0.25) is 0 Å². The number of benzene rings is 1. The summed E-state index contributed by atoms with van der Waals surface area (Å²) in [4.78, 5) is 4.15. The molecule has 0 spiro atoms. The lowest BCUT2D eigenvalue weighted by atomic mass is 9.98. The highest BCUT2D eigenvalue weighted by molar-refractivity contribution is 5.18. The third-order valence-electron chi connectivity index (χ3n) is 2.97. The minimum Gasteiger partial charge on any atom is -0.338 e. The van der Waals surface area contributed by atoms with Gasteiger partial charge in [-0.2, -0.15) is 4.98 Å². The van der Waals surface area contributed by atoms with Crippen LogP contribution in [0.2, 0.25) is 0 Å². The Kier molecular flexibility index (Phi) is 4.47. The first kappa shape index (κ1) is 12.8. The van der Waals surface area contributed by atoms with Crippen molar-refractivity contribution in [2.24, 2.45) is 0 Å². The molecule has 1 aromatic heterocycles. The van der Waals surface area contributed by atoms with E-state index >= 15 is 0 Å². The molecule has 4 nitrogen and oxygen atoms in total. The average Bonchev–Trinajstić information content (AvgIpc) is 2.81. The molecule has 18 heavy (non-hydrogen) atoms. The van der Waals surface area contributed by atoms with Crippen LogP contribution in [0.25, 0.3) is 0 Å². The summed E-state index contributed by atoms with van der Waals surface area (Å²) in [5.74, 6) is 1.90. The van der Waals surface area contributed by atoms with Gasteiger partial charge in [-0.05, 0) is 31.4 Å². The third-order valence-corrected chi connectivity index (χ3v) is 2.97. The average molecular weight is 245 g/mol. The zero-order valence-corrected chi connectivity index (χ0v) is 10.9. The zero-order valence-electron chi connectivity index (χ0n) is 10.9. The van der Waals surface area contributed by atoms with E-state index in [1.54, 1.807) is 0 Å². The Morgan fingerprint density at radius 2 is 2.06 bits per heavy atom. The van der Waals surface area contributed by atoms with E-state index in [9.17, 15) is 0 Å². The molecule has 2 rings (SSSR count). The Hall–Kier alpha value is -1.68. The van der Waals surface area contributed by atoms with Crippen molar-refractivity contribution < 1.29 is 4.52 Å². The van der Waals surface area contributed by atoms with E-state index in [0.717, 1.165) is 13.0 Å². The van der Waals surface area contributed by atoms with Gasteiger partial charge in [-0.1, -0.05) is 42.4 Å². The van der Waals surface area contributed by atoms with Gasteiger partial charge in [-0.15, -0.1) is 0 Å². The van der Waals surface area contributed by atoms with Gasteiger partial charge in [0.05, 0.1) is 6.54 Å².